The third-order valence-corrected chi connectivity index (χ3v) is 2.99. The van der Waals surface area contributed by atoms with Gasteiger partial charge in [0.1, 0.15) is 30.2 Å². The fraction of sp³-hybridized carbons (Fsp3) is 0.667. The second-order valence-corrected chi connectivity index (χ2v) is 4.92. The van der Waals surface area contributed by atoms with Crippen LogP contribution in [0, 0.1) is 11.3 Å². The van der Waals surface area contributed by atoms with Crippen molar-refractivity contribution in [1.82, 2.24) is 9.97 Å². The first-order valence-corrected chi connectivity index (χ1v) is 6.10. The lowest BCUT2D eigenvalue weighted by Gasteiger charge is -2.40. The van der Waals surface area contributed by atoms with Crippen LogP contribution in [0.15, 0.2) is 0 Å². The maximum atomic E-state index is 10.3. The van der Waals surface area contributed by atoms with Gasteiger partial charge < -0.3 is 29.4 Å². The summed E-state index contributed by atoms with van der Waals surface area (Å²) in [6.45, 7) is 3.40. The number of nitrogens with one attached hydrogen (secondary N) is 1. The average Bonchev–Trinajstić information content (AvgIpc) is 2.84. The van der Waals surface area contributed by atoms with Gasteiger partial charge in [0, 0.05) is 0 Å². The lowest BCUT2D eigenvalue weighted by molar-refractivity contribution is -0.320. The SMILES string of the molecule is COc1nc([C@@H](O)[C@@H]2OC(C)(C)OC[C@H]2O)[nH]c1C#N. The fourth-order valence-corrected chi connectivity index (χ4v) is 1.99. The van der Waals surface area contributed by atoms with Crippen molar-refractivity contribution < 1.29 is 24.4 Å². The highest BCUT2D eigenvalue weighted by molar-refractivity contribution is 5.33. The molecule has 8 nitrogen and oxygen atoms in total. The molecule has 1 aromatic rings. The Morgan fingerprint density at radius 3 is 2.85 bits per heavy atom. The Kier molecular flexibility index (Phi) is 3.96. The van der Waals surface area contributed by atoms with Crippen molar-refractivity contribution in [3.8, 4) is 11.9 Å². The van der Waals surface area contributed by atoms with Gasteiger partial charge in [-0.15, -0.1) is 0 Å². The molecule has 20 heavy (non-hydrogen) atoms. The van der Waals surface area contributed by atoms with Gasteiger partial charge in [0.2, 0.25) is 0 Å². The minimum absolute atomic E-state index is 0.0394. The fourth-order valence-electron chi connectivity index (χ4n) is 1.99. The molecule has 0 bridgehead atoms. The molecule has 1 aromatic heterocycles. The van der Waals surface area contributed by atoms with Crippen molar-refractivity contribution in [2.45, 2.75) is 37.9 Å². The number of hydrogen-bond donors (Lipinski definition) is 3. The lowest BCUT2D eigenvalue weighted by atomic mass is 10.1. The van der Waals surface area contributed by atoms with Gasteiger partial charge in [-0.25, -0.2) is 0 Å². The summed E-state index contributed by atoms with van der Waals surface area (Å²) in [6.07, 6.45) is -3.15. The van der Waals surface area contributed by atoms with Gasteiger partial charge in [-0.1, -0.05) is 0 Å². The largest absolute Gasteiger partial charge is 0.479 e. The number of imidazole rings is 1. The second kappa shape index (κ2) is 5.38. The van der Waals surface area contributed by atoms with Crippen LogP contribution in [0.2, 0.25) is 0 Å². The molecule has 0 radical (unpaired) electrons. The van der Waals surface area contributed by atoms with Gasteiger partial charge in [-0.05, 0) is 13.8 Å². The molecule has 2 rings (SSSR count). The van der Waals surface area contributed by atoms with E-state index in [9.17, 15) is 10.2 Å². The summed E-state index contributed by atoms with van der Waals surface area (Å²) in [4.78, 5) is 6.62. The van der Waals surface area contributed by atoms with Crippen LogP contribution in [-0.4, -0.2) is 51.9 Å². The van der Waals surface area contributed by atoms with Gasteiger partial charge >= 0.3 is 0 Å². The maximum absolute atomic E-state index is 10.3. The number of aromatic amines is 1. The summed E-state index contributed by atoms with van der Waals surface area (Å²) in [6, 6.07) is 1.87. The molecule has 110 valence electrons. The summed E-state index contributed by atoms with van der Waals surface area (Å²) in [5.41, 5.74) is 0.0994. The van der Waals surface area contributed by atoms with Crippen LogP contribution < -0.4 is 4.74 Å². The lowest BCUT2D eigenvalue weighted by Crippen LogP contribution is -2.51. The smallest absolute Gasteiger partial charge is 0.250 e. The summed E-state index contributed by atoms with van der Waals surface area (Å²) in [5, 5.41) is 29.1. The van der Waals surface area contributed by atoms with Crippen molar-refractivity contribution in [1.29, 1.82) is 5.26 Å². The quantitative estimate of drug-likeness (QED) is 0.704. The normalized spacial score (nSPS) is 26.8. The van der Waals surface area contributed by atoms with Gasteiger partial charge in [0.25, 0.3) is 5.88 Å². The molecule has 1 fully saturated rings. The number of H-pyrrole nitrogens is 1. The first-order valence-electron chi connectivity index (χ1n) is 6.10. The third kappa shape index (κ3) is 2.76. The number of methoxy groups -OCH3 is 1. The van der Waals surface area contributed by atoms with Crippen molar-refractivity contribution in [2.24, 2.45) is 0 Å². The van der Waals surface area contributed by atoms with Gasteiger partial charge in [0.05, 0.1) is 13.7 Å². The standard InChI is InChI=1S/C12H17N3O5/c1-12(2)19-5-7(16)9(20-12)8(17)10-14-6(4-13)11(15-10)18-3/h7-9,16-17H,5H2,1-3H3,(H,14,15)/t7-,8+,9-/m1/s1. The summed E-state index contributed by atoms with van der Waals surface area (Å²) < 4.78 is 15.7. The van der Waals surface area contributed by atoms with Crippen LogP contribution in [0.1, 0.15) is 31.5 Å². The summed E-state index contributed by atoms with van der Waals surface area (Å²) in [5.74, 6) is -0.734. The van der Waals surface area contributed by atoms with E-state index in [-0.39, 0.29) is 24.0 Å². The van der Waals surface area contributed by atoms with Crippen molar-refractivity contribution in [3.05, 3.63) is 11.5 Å². The molecule has 0 aliphatic carbocycles. The van der Waals surface area contributed by atoms with E-state index in [1.807, 2.05) is 6.07 Å². The molecule has 3 N–H and O–H groups in total. The summed E-state index contributed by atoms with van der Waals surface area (Å²) in [7, 11) is 1.37. The molecule has 1 aliphatic heterocycles. The first-order chi connectivity index (χ1) is 9.38. The van der Waals surface area contributed by atoms with Crippen molar-refractivity contribution in [2.75, 3.05) is 13.7 Å². The van der Waals surface area contributed by atoms with E-state index in [0.717, 1.165) is 0 Å². The maximum Gasteiger partial charge on any atom is 0.250 e. The van der Waals surface area contributed by atoms with Crippen LogP contribution >= 0.6 is 0 Å². The number of aliphatic hydroxyl groups is 2. The van der Waals surface area contributed by atoms with Gasteiger partial charge in [0.15, 0.2) is 11.5 Å². The average molecular weight is 283 g/mol. The van der Waals surface area contributed by atoms with E-state index in [2.05, 4.69) is 9.97 Å². The molecule has 2 heterocycles. The van der Waals surface area contributed by atoms with Crippen LogP contribution in [0.5, 0.6) is 5.88 Å². The highest BCUT2D eigenvalue weighted by Gasteiger charge is 2.41. The van der Waals surface area contributed by atoms with Gasteiger partial charge in [-0.3, -0.25) is 0 Å². The number of nitrogens with zero attached hydrogens (tertiary/aromatic N) is 2. The zero-order valence-corrected chi connectivity index (χ0v) is 11.5. The molecule has 8 heteroatoms. The number of aromatic nitrogens is 2. The first kappa shape index (κ1) is 14.7. The number of hydrogen-bond acceptors (Lipinski definition) is 7. The van der Waals surface area contributed by atoms with Crippen LogP contribution in [0.3, 0.4) is 0 Å². The van der Waals surface area contributed by atoms with E-state index in [1.165, 1.54) is 7.11 Å². The molecule has 0 spiro atoms. The molecule has 3 atom stereocenters. The van der Waals surface area contributed by atoms with Crippen LogP contribution in [-0.2, 0) is 9.47 Å². The zero-order chi connectivity index (χ0) is 14.9. The van der Waals surface area contributed by atoms with Crippen LogP contribution in [0.25, 0.3) is 0 Å². The van der Waals surface area contributed by atoms with E-state index >= 15 is 0 Å². The minimum atomic E-state index is -1.23. The zero-order valence-electron chi connectivity index (χ0n) is 11.5. The Bertz CT molecular complexity index is 522. The molecule has 1 saturated heterocycles. The highest BCUT2D eigenvalue weighted by Crippen LogP contribution is 2.30. The van der Waals surface area contributed by atoms with E-state index in [4.69, 9.17) is 19.5 Å². The Morgan fingerprint density at radius 2 is 2.30 bits per heavy atom. The number of ether oxygens (including phenoxy) is 3. The van der Waals surface area contributed by atoms with E-state index in [0.29, 0.717) is 0 Å². The summed E-state index contributed by atoms with van der Waals surface area (Å²) >= 11 is 0. The number of rotatable bonds is 3. The molecular weight excluding hydrogens is 266 g/mol. The molecule has 0 amide bonds. The van der Waals surface area contributed by atoms with Gasteiger partial charge in [-0.2, -0.15) is 10.2 Å². The highest BCUT2D eigenvalue weighted by atomic mass is 16.7. The Hall–Kier alpha value is -1.66. The van der Waals surface area contributed by atoms with Crippen molar-refractivity contribution >= 4 is 0 Å². The minimum Gasteiger partial charge on any atom is -0.479 e. The number of nitriles is 1. The predicted molar refractivity (Wildman–Crippen MR) is 65.7 cm³/mol. The topological polar surface area (TPSA) is 121 Å². The Morgan fingerprint density at radius 1 is 1.60 bits per heavy atom. The molecule has 0 aromatic carbocycles. The Balaban J connectivity index is 2.24. The molecular formula is C12H17N3O5. The molecule has 1 aliphatic rings. The molecule has 0 saturated carbocycles. The van der Waals surface area contributed by atoms with E-state index in [1.54, 1.807) is 13.8 Å². The predicted octanol–water partition coefficient (Wildman–Crippen LogP) is -0.164. The van der Waals surface area contributed by atoms with Crippen molar-refractivity contribution in [3.63, 3.8) is 0 Å². The van der Waals surface area contributed by atoms with Crippen LogP contribution in [0.4, 0.5) is 0 Å². The monoisotopic (exact) mass is 283 g/mol. The molecule has 0 unspecified atom stereocenters. The third-order valence-electron chi connectivity index (χ3n) is 2.99. The van der Waals surface area contributed by atoms with E-state index < -0.39 is 24.1 Å². The Labute approximate surface area is 115 Å². The second-order valence-electron chi connectivity index (χ2n) is 4.92. The number of aliphatic hydroxyl groups excluding tert-OH is 2.